The van der Waals surface area contributed by atoms with E-state index in [1.807, 2.05) is 6.92 Å². The fraction of sp³-hybridized carbons (Fsp3) is 0.625. The summed E-state index contributed by atoms with van der Waals surface area (Å²) in [5.41, 5.74) is 1.84. The number of hydrogen-bond donors (Lipinski definition) is 1. The van der Waals surface area contributed by atoms with Gasteiger partial charge in [0.15, 0.2) is 0 Å². The van der Waals surface area contributed by atoms with Crippen LogP contribution in [0.2, 0.25) is 0 Å². The van der Waals surface area contributed by atoms with E-state index in [9.17, 15) is 0 Å². The molecule has 1 aromatic carbocycles. The van der Waals surface area contributed by atoms with Crippen molar-refractivity contribution in [1.29, 1.82) is 0 Å². The number of rotatable bonds is 7. The highest BCUT2D eigenvalue weighted by atomic mass is 16.5. The highest BCUT2D eigenvalue weighted by molar-refractivity contribution is 5.38. The maximum absolute atomic E-state index is 5.50. The smallest absolute Gasteiger partial charge is 0.119 e. The average molecular weight is 247 g/mol. The van der Waals surface area contributed by atoms with Gasteiger partial charge in [-0.25, -0.2) is 0 Å². The predicted molar refractivity (Wildman–Crippen MR) is 76.2 cm³/mol. The third kappa shape index (κ3) is 2.69. The minimum absolute atomic E-state index is 0.375. The first-order valence-electron chi connectivity index (χ1n) is 7.17. The lowest BCUT2D eigenvalue weighted by Gasteiger charge is -2.18. The summed E-state index contributed by atoms with van der Waals surface area (Å²) in [5, 5.41) is 3.58. The summed E-state index contributed by atoms with van der Waals surface area (Å²) < 4.78 is 5.50. The van der Waals surface area contributed by atoms with Crippen LogP contribution in [0.15, 0.2) is 24.3 Å². The van der Waals surface area contributed by atoms with Crippen molar-refractivity contribution in [3.8, 4) is 5.75 Å². The van der Waals surface area contributed by atoms with E-state index in [0.29, 0.717) is 5.41 Å². The fourth-order valence-corrected chi connectivity index (χ4v) is 2.78. The van der Waals surface area contributed by atoms with Crippen molar-refractivity contribution in [2.45, 2.75) is 39.0 Å². The molecule has 1 aliphatic carbocycles. The normalized spacial score (nSPS) is 26.1. The van der Waals surface area contributed by atoms with E-state index in [1.165, 1.54) is 18.4 Å². The quantitative estimate of drug-likeness (QED) is 0.746. The summed E-state index contributed by atoms with van der Waals surface area (Å²) in [6.07, 6.45) is 2.51. The molecule has 1 N–H and O–H groups in total. The van der Waals surface area contributed by atoms with Gasteiger partial charge in [-0.05, 0) is 49.9 Å². The lowest BCUT2D eigenvalue weighted by molar-refractivity contribution is 0.340. The van der Waals surface area contributed by atoms with Gasteiger partial charge in [0.05, 0.1) is 6.61 Å². The van der Waals surface area contributed by atoms with Gasteiger partial charge in [-0.3, -0.25) is 0 Å². The van der Waals surface area contributed by atoms with Crippen molar-refractivity contribution >= 4 is 0 Å². The van der Waals surface area contributed by atoms with Crippen LogP contribution in [-0.4, -0.2) is 19.7 Å². The summed E-state index contributed by atoms with van der Waals surface area (Å²) >= 11 is 0. The molecule has 0 bridgehead atoms. The molecule has 1 fully saturated rings. The zero-order valence-corrected chi connectivity index (χ0v) is 11.8. The lowest BCUT2D eigenvalue weighted by Crippen LogP contribution is -2.28. The molecule has 2 rings (SSSR count). The highest BCUT2D eigenvalue weighted by Crippen LogP contribution is 2.53. The summed E-state index contributed by atoms with van der Waals surface area (Å²) in [6, 6.07) is 8.68. The Morgan fingerprint density at radius 3 is 2.44 bits per heavy atom. The number of benzene rings is 1. The average Bonchev–Trinajstić information content (AvgIpc) is 3.03. The van der Waals surface area contributed by atoms with Crippen molar-refractivity contribution in [1.82, 2.24) is 5.32 Å². The Morgan fingerprint density at radius 1 is 1.28 bits per heavy atom. The zero-order chi connectivity index (χ0) is 13.0. The van der Waals surface area contributed by atoms with Crippen LogP contribution in [0.3, 0.4) is 0 Å². The van der Waals surface area contributed by atoms with Gasteiger partial charge in [-0.2, -0.15) is 0 Å². The van der Waals surface area contributed by atoms with Crippen LogP contribution in [0.4, 0.5) is 0 Å². The molecule has 2 unspecified atom stereocenters. The Hall–Kier alpha value is -1.02. The molecule has 100 valence electrons. The third-order valence-electron chi connectivity index (χ3n) is 4.06. The molecule has 2 nitrogen and oxygen atoms in total. The molecular weight excluding hydrogens is 222 g/mol. The molecule has 0 saturated heterocycles. The van der Waals surface area contributed by atoms with Gasteiger partial charge < -0.3 is 10.1 Å². The van der Waals surface area contributed by atoms with Gasteiger partial charge in [-0.1, -0.05) is 26.0 Å². The Balaban J connectivity index is 2.03. The van der Waals surface area contributed by atoms with E-state index in [4.69, 9.17) is 4.74 Å². The lowest BCUT2D eigenvalue weighted by atomic mass is 9.93. The monoisotopic (exact) mass is 247 g/mol. The molecule has 0 amide bonds. The van der Waals surface area contributed by atoms with Crippen LogP contribution in [0.1, 0.15) is 39.2 Å². The predicted octanol–water partition coefficient (Wildman–Crippen LogP) is 3.36. The number of hydrogen-bond acceptors (Lipinski definition) is 2. The van der Waals surface area contributed by atoms with Gasteiger partial charge >= 0.3 is 0 Å². The minimum atomic E-state index is 0.375. The first-order chi connectivity index (χ1) is 8.73. The molecule has 0 spiro atoms. The van der Waals surface area contributed by atoms with Crippen LogP contribution in [0, 0.1) is 5.92 Å². The topological polar surface area (TPSA) is 21.3 Å². The minimum Gasteiger partial charge on any atom is -0.494 e. The molecule has 1 saturated carbocycles. The van der Waals surface area contributed by atoms with E-state index < -0.39 is 0 Å². The van der Waals surface area contributed by atoms with E-state index in [1.54, 1.807) is 0 Å². The summed E-state index contributed by atoms with van der Waals surface area (Å²) in [7, 11) is 0. The van der Waals surface area contributed by atoms with Crippen LogP contribution in [0.5, 0.6) is 5.75 Å². The molecule has 1 aliphatic rings. The second-order valence-corrected chi connectivity index (χ2v) is 5.40. The SMILES string of the molecule is CCCNCC1(c2ccc(OCC)cc2)CC1C. The highest BCUT2D eigenvalue weighted by Gasteiger charge is 2.51. The van der Waals surface area contributed by atoms with Gasteiger partial charge in [0.1, 0.15) is 5.75 Å². The van der Waals surface area contributed by atoms with Crippen molar-refractivity contribution < 1.29 is 4.74 Å². The molecule has 0 aliphatic heterocycles. The Bertz CT molecular complexity index is 373. The third-order valence-corrected chi connectivity index (χ3v) is 4.06. The maximum Gasteiger partial charge on any atom is 0.119 e. The van der Waals surface area contributed by atoms with E-state index >= 15 is 0 Å². The number of nitrogens with one attached hydrogen (secondary N) is 1. The molecule has 2 heteroatoms. The largest absolute Gasteiger partial charge is 0.494 e. The Morgan fingerprint density at radius 2 is 1.94 bits per heavy atom. The van der Waals surface area contributed by atoms with Gasteiger partial charge in [-0.15, -0.1) is 0 Å². The van der Waals surface area contributed by atoms with Gasteiger partial charge in [0, 0.05) is 12.0 Å². The van der Waals surface area contributed by atoms with Gasteiger partial charge in [0.25, 0.3) is 0 Å². The fourth-order valence-electron chi connectivity index (χ4n) is 2.78. The molecule has 1 aromatic rings. The summed E-state index contributed by atoms with van der Waals surface area (Å²) in [5.74, 6) is 1.77. The molecule has 0 aromatic heterocycles. The van der Waals surface area contributed by atoms with Crippen LogP contribution in [-0.2, 0) is 5.41 Å². The molecule has 0 radical (unpaired) electrons. The van der Waals surface area contributed by atoms with E-state index in [0.717, 1.165) is 31.4 Å². The van der Waals surface area contributed by atoms with Crippen molar-refractivity contribution in [3.05, 3.63) is 29.8 Å². The van der Waals surface area contributed by atoms with E-state index in [-0.39, 0.29) is 0 Å². The van der Waals surface area contributed by atoms with Crippen LogP contribution < -0.4 is 10.1 Å². The van der Waals surface area contributed by atoms with Gasteiger partial charge in [0.2, 0.25) is 0 Å². The standard InChI is InChI=1S/C16H25NO/c1-4-10-17-12-16(11-13(16)3)14-6-8-15(9-7-14)18-5-2/h6-9,13,17H,4-5,10-12H2,1-3H3. The molecule has 2 atom stereocenters. The van der Waals surface area contributed by atoms with Crippen molar-refractivity contribution in [3.63, 3.8) is 0 Å². The molecular formula is C16H25NO. The maximum atomic E-state index is 5.50. The first kappa shape index (κ1) is 13.4. The van der Waals surface area contributed by atoms with E-state index in [2.05, 4.69) is 43.4 Å². The second-order valence-electron chi connectivity index (χ2n) is 5.40. The second kappa shape index (κ2) is 5.75. The Labute approximate surface area is 111 Å². The van der Waals surface area contributed by atoms with Crippen molar-refractivity contribution in [2.75, 3.05) is 19.7 Å². The summed E-state index contributed by atoms with van der Waals surface area (Å²) in [6.45, 7) is 9.55. The number of ether oxygens (including phenoxy) is 1. The molecule has 18 heavy (non-hydrogen) atoms. The zero-order valence-electron chi connectivity index (χ0n) is 11.8. The molecule has 0 heterocycles. The summed E-state index contributed by atoms with van der Waals surface area (Å²) in [4.78, 5) is 0. The Kier molecular flexibility index (Phi) is 4.28. The van der Waals surface area contributed by atoms with Crippen LogP contribution in [0.25, 0.3) is 0 Å². The first-order valence-corrected chi connectivity index (χ1v) is 7.17. The van der Waals surface area contributed by atoms with Crippen molar-refractivity contribution in [2.24, 2.45) is 5.92 Å². The van der Waals surface area contributed by atoms with Crippen LogP contribution >= 0.6 is 0 Å².